The number of rotatable bonds is 4. The Balaban J connectivity index is 1.74. The van der Waals surface area contributed by atoms with Crippen molar-refractivity contribution in [1.29, 1.82) is 0 Å². The number of amides is 1. The number of carbonyl (C=O) groups excluding carboxylic acids is 2. The lowest BCUT2D eigenvalue weighted by Gasteiger charge is -2.28. The van der Waals surface area contributed by atoms with Crippen molar-refractivity contribution in [3.05, 3.63) is 70.9 Å². The first-order valence-corrected chi connectivity index (χ1v) is 10.7. The number of Topliss-reactive ketones (excluding diaryl/α,β-unsaturated/α-hetero) is 1. The number of benzene rings is 2. The van der Waals surface area contributed by atoms with Crippen LogP contribution in [0, 0.1) is 5.92 Å². The predicted octanol–water partition coefficient (Wildman–Crippen LogP) is 2.57. The van der Waals surface area contributed by atoms with Crippen molar-refractivity contribution in [1.82, 2.24) is 9.62 Å². The number of hydrogen-bond acceptors (Lipinski definition) is 5. The van der Waals surface area contributed by atoms with Crippen molar-refractivity contribution >= 4 is 27.5 Å². The standard InChI is InChI=1S/C21H20N2O5S/c1-23-18(20(25)16-7-2-3-8-17(16)29(23,27)28)19(24)14-5-4-6-15(11-14)21(26)22-12-13-9-10-13/h2-8,11,13,24H,9-10,12H2,1H3,(H,22,26). The fraction of sp³-hybridized carbons (Fsp3) is 0.238. The van der Waals surface area contributed by atoms with Gasteiger partial charge in [0.15, 0.2) is 5.76 Å². The molecule has 150 valence electrons. The average Bonchev–Trinajstić information content (AvgIpc) is 3.55. The molecule has 1 aliphatic heterocycles. The summed E-state index contributed by atoms with van der Waals surface area (Å²) in [4.78, 5) is 25.2. The number of fused-ring (bicyclic) bond motifs is 1. The molecule has 1 saturated carbocycles. The Morgan fingerprint density at radius 3 is 2.55 bits per heavy atom. The summed E-state index contributed by atoms with van der Waals surface area (Å²) in [7, 11) is -2.76. The minimum absolute atomic E-state index is 0.00508. The molecule has 0 unspecified atom stereocenters. The van der Waals surface area contributed by atoms with Gasteiger partial charge in [-0.05, 0) is 43.0 Å². The highest BCUT2D eigenvalue weighted by atomic mass is 32.2. The van der Waals surface area contributed by atoms with Gasteiger partial charge in [-0.15, -0.1) is 0 Å². The van der Waals surface area contributed by atoms with E-state index in [1.807, 2.05) is 0 Å². The summed E-state index contributed by atoms with van der Waals surface area (Å²) in [5, 5.41) is 13.6. The predicted molar refractivity (Wildman–Crippen MR) is 107 cm³/mol. The number of ketones is 1. The molecule has 7 nitrogen and oxygen atoms in total. The van der Waals surface area contributed by atoms with Crippen molar-refractivity contribution in [2.24, 2.45) is 5.92 Å². The molecular formula is C21H20N2O5S. The van der Waals surface area contributed by atoms with Gasteiger partial charge in [-0.2, -0.15) is 0 Å². The largest absolute Gasteiger partial charge is 0.505 e. The summed E-state index contributed by atoms with van der Waals surface area (Å²) in [5.74, 6) is -0.847. The zero-order valence-electron chi connectivity index (χ0n) is 15.8. The molecule has 1 amide bonds. The zero-order valence-corrected chi connectivity index (χ0v) is 16.6. The van der Waals surface area contributed by atoms with Crippen LogP contribution < -0.4 is 5.32 Å². The number of likely N-dealkylation sites (N-methyl/N-ethyl adjacent to an activating group) is 1. The van der Waals surface area contributed by atoms with E-state index >= 15 is 0 Å². The van der Waals surface area contributed by atoms with Crippen LogP contribution in [0.1, 0.15) is 39.1 Å². The van der Waals surface area contributed by atoms with Crippen LogP contribution >= 0.6 is 0 Å². The fourth-order valence-corrected chi connectivity index (χ4v) is 4.67. The van der Waals surface area contributed by atoms with Crippen molar-refractivity contribution < 1.29 is 23.1 Å². The van der Waals surface area contributed by atoms with E-state index in [1.54, 1.807) is 18.2 Å². The Kier molecular flexibility index (Phi) is 4.66. The summed E-state index contributed by atoms with van der Waals surface area (Å²) >= 11 is 0. The highest BCUT2D eigenvalue weighted by Crippen LogP contribution is 2.34. The van der Waals surface area contributed by atoms with E-state index in [0.29, 0.717) is 18.0 Å². The van der Waals surface area contributed by atoms with E-state index < -0.39 is 21.6 Å². The molecule has 1 heterocycles. The summed E-state index contributed by atoms with van der Waals surface area (Å²) in [6, 6.07) is 12.0. The van der Waals surface area contributed by atoms with E-state index in [9.17, 15) is 23.1 Å². The molecule has 2 aromatic carbocycles. The fourth-order valence-electron chi connectivity index (χ4n) is 3.28. The van der Waals surface area contributed by atoms with Gasteiger partial charge in [0.25, 0.3) is 15.9 Å². The molecule has 0 spiro atoms. The van der Waals surface area contributed by atoms with Crippen LogP contribution in [0.15, 0.2) is 59.1 Å². The van der Waals surface area contributed by atoms with Crippen molar-refractivity contribution in [2.45, 2.75) is 17.7 Å². The molecule has 0 bridgehead atoms. The number of nitrogens with one attached hydrogen (secondary N) is 1. The maximum absolute atomic E-state index is 12.9. The monoisotopic (exact) mass is 412 g/mol. The molecule has 4 rings (SSSR count). The lowest BCUT2D eigenvalue weighted by atomic mass is 10.0. The molecule has 0 aromatic heterocycles. The van der Waals surface area contributed by atoms with Gasteiger partial charge in [0.05, 0.1) is 4.90 Å². The maximum Gasteiger partial charge on any atom is 0.265 e. The molecule has 0 saturated heterocycles. The molecule has 29 heavy (non-hydrogen) atoms. The lowest BCUT2D eigenvalue weighted by Crippen LogP contribution is -2.37. The molecule has 1 aliphatic carbocycles. The van der Waals surface area contributed by atoms with Crippen molar-refractivity contribution in [3.63, 3.8) is 0 Å². The number of aliphatic hydroxyl groups excluding tert-OH is 1. The number of carbonyl (C=O) groups is 2. The van der Waals surface area contributed by atoms with Gasteiger partial charge in [0.2, 0.25) is 5.78 Å². The Morgan fingerprint density at radius 1 is 1.14 bits per heavy atom. The summed E-state index contributed by atoms with van der Waals surface area (Å²) in [6.45, 7) is 0.604. The maximum atomic E-state index is 12.9. The van der Waals surface area contributed by atoms with Crippen LogP contribution in [0.2, 0.25) is 0 Å². The summed E-state index contributed by atoms with van der Waals surface area (Å²) < 4.78 is 26.4. The molecule has 0 atom stereocenters. The minimum Gasteiger partial charge on any atom is -0.505 e. The second-order valence-corrected chi connectivity index (χ2v) is 9.17. The number of hydrogen-bond donors (Lipinski definition) is 2. The second kappa shape index (κ2) is 7.04. The normalized spacial score (nSPS) is 19.5. The van der Waals surface area contributed by atoms with Crippen molar-refractivity contribution in [2.75, 3.05) is 13.6 Å². The molecule has 2 aromatic rings. The Hall–Kier alpha value is -3.13. The molecular weight excluding hydrogens is 392 g/mol. The zero-order chi connectivity index (χ0) is 20.8. The molecule has 2 aliphatic rings. The number of sulfonamides is 1. The second-order valence-electron chi connectivity index (χ2n) is 7.23. The number of nitrogens with zero attached hydrogens (tertiary/aromatic N) is 1. The third kappa shape index (κ3) is 3.40. The van der Waals surface area contributed by atoms with Gasteiger partial charge in [0.1, 0.15) is 5.70 Å². The van der Waals surface area contributed by atoms with Gasteiger partial charge in [-0.25, -0.2) is 8.42 Å². The van der Waals surface area contributed by atoms with Gasteiger partial charge >= 0.3 is 0 Å². The Labute approximate surface area is 168 Å². The van der Waals surface area contributed by atoms with E-state index in [2.05, 4.69) is 5.32 Å². The van der Waals surface area contributed by atoms with Gasteiger partial charge in [0, 0.05) is 30.3 Å². The third-order valence-corrected chi connectivity index (χ3v) is 6.99. The topological polar surface area (TPSA) is 104 Å². The van der Waals surface area contributed by atoms with Gasteiger partial charge < -0.3 is 10.4 Å². The molecule has 8 heteroatoms. The smallest absolute Gasteiger partial charge is 0.265 e. The average molecular weight is 412 g/mol. The van der Waals surface area contributed by atoms with Gasteiger partial charge in [-0.3, -0.25) is 13.9 Å². The van der Waals surface area contributed by atoms with Crippen LogP contribution in [-0.2, 0) is 10.0 Å². The first kappa shape index (κ1) is 19.2. The Bertz CT molecular complexity index is 1150. The number of aliphatic hydroxyl groups is 1. The van der Waals surface area contributed by atoms with Crippen LogP contribution in [0.25, 0.3) is 5.76 Å². The molecule has 2 N–H and O–H groups in total. The van der Waals surface area contributed by atoms with Gasteiger partial charge in [-0.1, -0.05) is 24.3 Å². The van der Waals surface area contributed by atoms with Crippen LogP contribution in [0.4, 0.5) is 0 Å². The van der Waals surface area contributed by atoms with E-state index in [1.165, 1.54) is 37.4 Å². The van der Waals surface area contributed by atoms with Crippen molar-refractivity contribution in [3.8, 4) is 0 Å². The van der Waals surface area contributed by atoms with E-state index in [0.717, 1.165) is 17.1 Å². The van der Waals surface area contributed by atoms with Crippen LogP contribution in [0.3, 0.4) is 0 Å². The van der Waals surface area contributed by atoms with E-state index in [4.69, 9.17) is 0 Å². The summed E-state index contributed by atoms with van der Waals surface area (Å²) in [5.41, 5.74) is 0.169. The molecule has 0 radical (unpaired) electrons. The lowest BCUT2D eigenvalue weighted by molar-refractivity contribution is 0.0951. The minimum atomic E-state index is -3.98. The first-order chi connectivity index (χ1) is 13.8. The highest BCUT2D eigenvalue weighted by Gasteiger charge is 2.39. The SMILES string of the molecule is CN1C(=C(O)c2cccc(C(=O)NCC3CC3)c2)C(=O)c2ccccc2S1(=O)=O. The third-order valence-electron chi connectivity index (χ3n) is 5.17. The van der Waals surface area contributed by atoms with E-state index in [-0.39, 0.29) is 27.6 Å². The number of allylic oxidation sites excluding steroid dienone is 1. The Morgan fingerprint density at radius 2 is 1.83 bits per heavy atom. The van der Waals surface area contributed by atoms with Crippen LogP contribution in [0.5, 0.6) is 0 Å². The first-order valence-electron chi connectivity index (χ1n) is 9.25. The quantitative estimate of drug-likeness (QED) is 0.593. The highest BCUT2D eigenvalue weighted by molar-refractivity contribution is 7.89. The summed E-state index contributed by atoms with van der Waals surface area (Å²) in [6.07, 6.45) is 2.22. The van der Waals surface area contributed by atoms with Crippen LogP contribution in [-0.4, -0.2) is 43.1 Å². The molecule has 1 fully saturated rings.